The lowest BCUT2D eigenvalue weighted by molar-refractivity contribution is 0.443. The molecule has 0 bridgehead atoms. The lowest BCUT2D eigenvalue weighted by Gasteiger charge is -2.09. The summed E-state index contributed by atoms with van der Waals surface area (Å²) in [7, 11) is 0. The summed E-state index contributed by atoms with van der Waals surface area (Å²) >= 11 is 11.5. The molecular formula is C13H10Cl2O4. The van der Waals surface area contributed by atoms with E-state index >= 15 is 0 Å². The molecule has 19 heavy (non-hydrogen) atoms. The third-order valence-electron chi connectivity index (χ3n) is 2.68. The molecule has 0 unspecified atom stereocenters. The molecule has 0 aliphatic carbocycles. The maximum absolute atomic E-state index is 9.71. The lowest BCUT2D eigenvalue weighted by Crippen LogP contribution is -1.91. The Morgan fingerprint density at radius 2 is 1.00 bits per heavy atom. The van der Waals surface area contributed by atoms with Crippen molar-refractivity contribution >= 4 is 23.2 Å². The van der Waals surface area contributed by atoms with Gasteiger partial charge in [0, 0.05) is 29.7 Å². The fraction of sp³-hybridized carbons (Fsp3) is 0.0769. The molecule has 100 valence electrons. The quantitative estimate of drug-likeness (QED) is 0.685. The SMILES string of the molecule is Oc1cc(O)c(Cc2cc(Cl)c(O)cc2O)cc1Cl. The topological polar surface area (TPSA) is 80.9 Å². The van der Waals surface area contributed by atoms with E-state index < -0.39 is 0 Å². The number of halogens is 2. The Morgan fingerprint density at radius 1 is 0.632 bits per heavy atom. The van der Waals surface area contributed by atoms with E-state index in [0.29, 0.717) is 11.1 Å². The van der Waals surface area contributed by atoms with Crippen LogP contribution < -0.4 is 0 Å². The van der Waals surface area contributed by atoms with Gasteiger partial charge in [0.25, 0.3) is 0 Å². The number of rotatable bonds is 2. The lowest BCUT2D eigenvalue weighted by atomic mass is 10.0. The van der Waals surface area contributed by atoms with Gasteiger partial charge in [0.15, 0.2) is 0 Å². The van der Waals surface area contributed by atoms with E-state index in [-0.39, 0.29) is 39.5 Å². The largest absolute Gasteiger partial charge is 0.508 e. The van der Waals surface area contributed by atoms with E-state index in [9.17, 15) is 20.4 Å². The summed E-state index contributed by atoms with van der Waals surface area (Å²) in [5, 5.41) is 38.3. The van der Waals surface area contributed by atoms with Crippen molar-refractivity contribution in [2.45, 2.75) is 6.42 Å². The first-order valence-electron chi connectivity index (χ1n) is 5.29. The van der Waals surface area contributed by atoms with Crippen LogP contribution in [-0.2, 0) is 6.42 Å². The molecule has 0 aromatic heterocycles. The fourth-order valence-corrected chi connectivity index (χ4v) is 2.04. The molecule has 0 aliphatic heterocycles. The van der Waals surface area contributed by atoms with Crippen LogP contribution >= 0.6 is 23.2 Å². The van der Waals surface area contributed by atoms with E-state index in [0.717, 1.165) is 12.1 Å². The summed E-state index contributed by atoms with van der Waals surface area (Å²) in [5.74, 6) is -0.747. The Bertz CT molecular complexity index is 586. The van der Waals surface area contributed by atoms with Crippen molar-refractivity contribution in [1.29, 1.82) is 0 Å². The predicted molar refractivity (Wildman–Crippen MR) is 72.4 cm³/mol. The minimum Gasteiger partial charge on any atom is -0.508 e. The van der Waals surface area contributed by atoms with E-state index in [1.165, 1.54) is 12.1 Å². The van der Waals surface area contributed by atoms with Crippen molar-refractivity contribution in [3.63, 3.8) is 0 Å². The zero-order chi connectivity index (χ0) is 14.2. The van der Waals surface area contributed by atoms with Gasteiger partial charge in [-0.2, -0.15) is 0 Å². The van der Waals surface area contributed by atoms with Gasteiger partial charge in [-0.05, 0) is 12.1 Å². The first-order chi connectivity index (χ1) is 8.88. The van der Waals surface area contributed by atoms with E-state index in [1.807, 2.05) is 0 Å². The molecule has 0 atom stereocenters. The zero-order valence-corrected chi connectivity index (χ0v) is 11.1. The van der Waals surface area contributed by atoms with E-state index in [4.69, 9.17) is 23.2 Å². The average Bonchev–Trinajstić information content (AvgIpc) is 2.32. The van der Waals surface area contributed by atoms with Crippen molar-refractivity contribution in [1.82, 2.24) is 0 Å². The first kappa shape index (κ1) is 13.6. The van der Waals surface area contributed by atoms with Gasteiger partial charge in [-0.25, -0.2) is 0 Å². The molecule has 4 nitrogen and oxygen atoms in total. The van der Waals surface area contributed by atoms with Gasteiger partial charge in [0.1, 0.15) is 23.0 Å². The Hall–Kier alpha value is -1.78. The van der Waals surface area contributed by atoms with Crippen LogP contribution in [0.25, 0.3) is 0 Å². The van der Waals surface area contributed by atoms with E-state index in [2.05, 4.69) is 0 Å². The van der Waals surface area contributed by atoms with Crippen LogP contribution in [0.1, 0.15) is 11.1 Å². The third-order valence-corrected chi connectivity index (χ3v) is 3.28. The fourth-order valence-electron chi connectivity index (χ4n) is 1.67. The van der Waals surface area contributed by atoms with Crippen LogP contribution in [0.5, 0.6) is 23.0 Å². The van der Waals surface area contributed by atoms with Gasteiger partial charge in [-0.3, -0.25) is 0 Å². The Morgan fingerprint density at radius 3 is 1.37 bits per heavy atom. The normalized spacial score (nSPS) is 10.6. The minimum atomic E-state index is -0.226. The summed E-state index contributed by atoms with van der Waals surface area (Å²) in [6, 6.07) is 5.03. The summed E-state index contributed by atoms with van der Waals surface area (Å²) in [5.41, 5.74) is 0.833. The molecule has 2 aromatic carbocycles. The van der Waals surface area contributed by atoms with Crippen molar-refractivity contribution in [3.8, 4) is 23.0 Å². The molecule has 2 aromatic rings. The Balaban J connectivity index is 2.42. The van der Waals surface area contributed by atoms with Crippen LogP contribution in [-0.4, -0.2) is 20.4 Å². The molecule has 0 saturated heterocycles. The Labute approximate surface area is 119 Å². The van der Waals surface area contributed by atoms with Gasteiger partial charge in [0.2, 0.25) is 0 Å². The van der Waals surface area contributed by atoms with Crippen molar-refractivity contribution < 1.29 is 20.4 Å². The zero-order valence-electron chi connectivity index (χ0n) is 9.56. The molecule has 0 heterocycles. The van der Waals surface area contributed by atoms with Crippen LogP contribution in [0, 0.1) is 0 Å². The highest BCUT2D eigenvalue weighted by Crippen LogP contribution is 2.36. The van der Waals surface area contributed by atoms with Gasteiger partial charge in [0.05, 0.1) is 10.0 Å². The second-order valence-corrected chi connectivity index (χ2v) is 4.86. The van der Waals surface area contributed by atoms with Crippen LogP contribution in [0.3, 0.4) is 0 Å². The van der Waals surface area contributed by atoms with Crippen molar-refractivity contribution in [2.24, 2.45) is 0 Å². The summed E-state index contributed by atoms with van der Waals surface area (Å²) in [6.07, 6.45) is 0.150. The highest BCUT2D eigenvalue weighted by molar-refractivity contribution is 6.32. The summed E-state index contributed by atoms with van der Waals surface area (Å²) in [6.45, 7) is 0. The first-order valence-corrected chi connectivity index (χ1v) is 6.04. The second-order valence-electron chi connectivity index (χ2n) is 4.04. The smallest absolute Gasteiger partial charge is 0.137 e. The van der Waals surface area contributed by atoms with Crippen LogP contribution in [0.2, 0.25) is 10.0 Å². The molecule has 0 aliphatic rings. The van der Waals surface area contributed by atoms with Gasteiger partial charge >= 0.3 is 0 Å². The maximum atomic E-state index is 9.71. The molecule has 0 saturated carbocycles. The monoisotopic (exact) mass is 300 g/mol. The highest BCUT2D eigenvalue weighted by atomic mass is 35.5. The molecule has 0 spiro atoms. The number of phenolic OH excluding ortho intramolecular Hbond substituents is 4. The Kier molecular flexibility index (Phi) is 3.64. The number of hydrogen-bond donors (Lipinski definition) is 4. The number of hydrogen-bond acceptors (Lipinski definition) is 4. The average molecular weight is 301 g/mol. The number of benzene rings is 2. The minimum absolute atomic E-state index is 0.0946. The standard InChI is InChI=1S/C13H10Cl2O4/c14-8-2-6(10(16)4-12(8)18)1-7-3-9(15)13(19)5-11(7)17/h2-5,16-19H,1H2. The van der Waals surface area contributed by atoms with Gasteiger partial charge < -0.3 is 20.4 Å². The molecule has 2 rings (SSSR count). The molecular weight excluding hydrogens is 291 g/mol. The highest BCUT2D eigenvalue weighted by Gasteiger charge is 2.12. The summed E-state index contributed by atoms with van der Waals surface area (Å²) in [4.78, 5) is 0. The molecule has 4 N–H and O–H groups in total. The molecule has 0 fully saturated rings. The number of aromatic hydroxyl groups is 4. The van der Waals surface area contributed by atoms with Crippen molar-refractivity contribution in [2.75, 3.05) is 0 Å². The van der Waals surface area contributed by atoms with Gasteiger partial charge in [-0.15, -0.1) is 0 Å². The van der Waals surface area contributed by atoms with Crippen LogP contribution in [0.15, 0.2) is 24.3 Å². The molecule has 6 heteroatoms. The van der Waals surface area contributed by atoms with E-state index in [1.54, 1.807) is 0 Å². The summed E-state index contributed by atoms with van der Waals surface area (Å²) < 4.78 is 0. The molecule has 0 radical (unpaired) electrons. The van der Waals surface area contributed by atoms with Gasteiger partial charge in [-0.1, -0.05) is 23.2 Å². The van der Waals surface area contributed by atoms with Crippen LogP contribution in [0.4, 0.5) is 0 Å². The van der Waals surface area contributed by atoms with Crippen molar-refractivity contribution in [3.05, 3.63) is 45.4 Å². The maximum Gasteiger partial charge on any atom is 0.137 e. The predicted octanol–water partition coefficient (Wildman–Crippen LogP) is 3.41. The third kappa shape index (κ3) is 2.80. The second kappa shape index (κ2) is 5.07. The molecule has 0 amide bonds. The number of phenols is 4.